The molecule has 2 rings (SSSR count). The second-order valence-electron chi connectivity index (χ2n) is 4.76. The Balaban J connectivity index is 2.12. The average Bonchev–Trinajstić information content (AvgIpc) is 2.48. The molecule has 1 aliphatic carbocycles. The van der Waals surface area contributed by atoms with Crippen molar-refractivity contribution in [3.8, 4) is 6.01 Å². The number of thioether (sulfide) groups is 1. The number of anilines is 2. The van der Waals surface area contributed by atoms with Crippen molar-refractivity contribution in [1.29, 1.82) is 0 Å². The van der Waals surface area contributed by atoms with Gasteiger partial charge in [0.15, 0.2) is 0 Å². The second-order valence-corrected chi connectivity index (χ2v) is 5.83. The van der Waals surface area contributed by atoms with E-state index in [-0.39, 0.29) is 0 Å². The molecule has 20 heavy (non-hydrogen) atoms. The van der Waals surface area contributed by atoms with E-state index in [1.807, 2.05) is 18.7 Å². The molecule has 0 bridgehead atoms. The predicted molar refractivity (Wildman–Crippen MR) is 83.7 cm³/mol. The smallest absolute Gasteiger partial charge is 0.323 e. The summed E-state index contributed by atoms with van der Waals surface area (Å²) < 4.78 is 5.38. The van der Waals surface area contributed by atoms with Crippen molar-refractivity contribution in [3.63, 3.8) is 0 Å². The molecule has 6 nitrogen and oxygen atoms in total. The van der Waals surface area contributed by atoms with Gasteiger partial charge in [-0.1, -0.05) is 12.8 Å². The van der Waals surface area contributed by atoms with Gasteiger partial charge in [-0.05, 0) is 26.0 Å². The van der Waals surface area contributed by atoms with Crippen LogP contribution in [-0.2, 0) is 0 Å². The summed E-state index contributed by atoms with van der Waals surface area (Å²) in [6.45, 7) is 2.46. The molecular formula is C13H23N5OS. The quantitative estimate of drug-likeness (QED) is 0.835. The third kappa shape index (κ3) is 3.88. The van der Waals surface area contributed by atoms with Crippen molar-refractivity contribution < 1.29 is 4.74 Å². The Morgan fingerprint density at radius 3 is 2.65 bits per heavy atom. The zero-order valence-electron chi connectivity index (χ0n) is 12.3. The van der Waals surface area contributed by atoms with E-state index in [4.69, 9.17) is 4.74 Å². The molecule has 1 saturated carbocycles. The van der Waals surface area contributed by atoms with Crippen molar-refractivity contribution in [2.75, 3.05) is 30.5 Å². The van der Waals surface area contributed by atoms with Crippen LogP contribution in [0.1, 0.15) is 32.6 Å². The molecule has 112 valence electrons. The molecule has 0 aromatic carbocycles. The van der Waals surface area contributed by atoms with Gasteiger partial charge in [0.25, 0.3) is 0 Å². The van der Waals surface area contributed by atoms with Crippen LogP contribution in [0.25, 0.3) is 0 Å². The lowest BCUT2D eigenvalue weighted by molar-refractivity contribution is 0.312. The van der Waals surface area contributed by atoms with E-state index in [9.17, 15) is 0 Å². The molecular weight excluding hydrogens is 274 g/mol. The first-order valence-corrected chi connectivity index (χ1v) is 8.41. The molecule has 0 saturated heterocycles. The average molecular weight is 297 g/mol. The van der Waals surface area contributed by atoms with Crippen LogP contribution in [0.4, 0.5) is 11.9 Å². The van der Waals surface area contributed by atoms with Crippen LogP contribution in [0.2, 0.25) is 0 Å². The van der Waals surface area contributed by atoms with Gasteiger partial charge in [0.2, 0.25) is 11.9 Å². The molecule has 1 aromatic rings. The van der Waals surface area contributed by atoms with Crippen LogP contribution in [0.5, 0.6) is 6.01 Å². The number of hydrogen-bond acceptors (Lipinski definition) is 7. The number of ether oxygens (including phenoxy) is 1. The van der Waals surface area contributed by atoms with Crippen LogP contribution in [-0.4, -0.2) is 46.2 Å². The largest absolute Gasteiger partial charge is 0.464 e. The molecule has 2 unspecified atom stereocenters. The zero-order valence-corrected chi connectivity index (χ0v) is 13.2. The molecule has 1 aromatic heterocycles. The highest BCUT2D eigenvalue weighted by Gasteiger charge is 2.25. The Bertz CT molecular complexity index is 431. The highest BCUT2D eigenvalue weighted by molar-refractivity contribution is 7.99. The van der Waals surface area contributed by atoms with Gasteiger partial charge < -0.3 is 15.4 Å². The van der Waals surface area contributed by atoms with Crippen molar-refractivity contribution >= 4 is 23.7 Å². The van der Waals surface area contributed by atoms with E-state index in [0.717, 1.165) is 6.42 Å². The molecule has 1 fully saturated rings. The fourth-order valence-electron chi connectivity index (χ4n) is 2.44. The molecule has 0 amide bonds. The maximum absolute atomic E-state index is 5.38. The fourth-order valence-corrected chi connectivity index (χ4v) is 3.37. The number of rotatable bonds is 6. The van der Waals surface area contributed by atoms with E-state index in [1.165, 1.54) is 19.3 Å². The molecule has 2 N–H and O–H groups in total. The zero-order chi connectivity index (χ0) is 14.4. The fraction of sp³-hybridized carbons (Fsp3) is 0.769. The van der Waals surface area contributed by atoms with Gasteiger partial charge in [-0.15, -0.1) is 0 Å². The number of nitrogens with zero attached hydrogens (tertiary/aromatic N) is 3. The Morgan fingerprint density at radius 2 is 1.95 bits per heavy atom. The molecule has 1 aliphatic rings. The van der Waals surface area contributed by atoms with E-state index in [2.05, 4.69) is 31.8 Å². The maximum atomic E-state index is 5.38. The number of hydrogen-bond donors (Lipinski definition) is 2. The summed E-state index contributed by atoms with van der Waals surface area (Å²) in [7, 11) is 1.79. The summed E-state index contributed by atoms with van der Waals surface area (Å²) >= 11 is 1.92. The lowest BCUT2D eigenvalue weighted by Crippen LogP contribution is -2.35. The molecule has 2 atom stereocenters. The summed E-state index contributed by atoms with van der Waals surface area (Å²) in [5.74, 6) is 1.13. The molecule has 0 radical (unpaired) electrons. The Hall–Kier alpha value is -1.24. The topological polar surface area (TPSA) is 72.0 Å². The van der Waals surface area contributed by atoms with Crippen molar-refractivity contribution in [2.24, 2.45) is 0 Å². The number of nitrogens with one attached hydrogen (secondary N) is 2. The molecule has 7 heteroatoms. The van der Waals surface area contributed by atoms with Gasteiger partial charge in [0, 0.05) is 18.3 Å². The predicted octanol–water partition coefficient (Wildman–Crippen LogP) is 2.40. The summed E-state index contributed by atoms with van der Waals surface area (Å²) in [5, 5.41) is 7.01. The van der Waals surface area contributed by atoms with Crippen molar-refractivity contribution in [2.45, 2.75) is 43.9 Å². The van der Waals surface area contributed by atoms with Gasteiger partial charge in [0.05, 0.1) is 6.61 Å². The summed E-state index contributed by atoms with van der Waals surface area (Å²) in [4.78, 5) is 12.9. The van der Waals surface area contributed by atoms with Gasteiger partial charge in [-0.3, -0.25) is 0 Å². The van der Waals surface area contributed by atoms with Gasteiger partial charge in [0.1, 0.15) is 0 Å². The van der Waals surface area contributed by atoms with E-state index in [0.29, 0.717) is 35.8 Å². The first kappa shape index (κ1) is 15.2. The number of aromatic nitrogens is 3. The van der Waals surface area contributed by atoms with Gasteiger partial charge in [-0.25, -0.2) is 0 Å². The van der Waals surface area contributed by atoms with Crippen LogP contribution >= 0.6 is 11.8 Å². The second kappa shape index (κ2) is 7.52. The minimum absolute atomic E-state index is 0.367. The Labute approximate surface area is 124 Å². The maximum Gasteiger partial charge on any atom is 0.323 e. The first-order chi connectivity index (χ1) is 9.76. The first-order valence-electron chi connectivity index (χ1n) is 7.12. The van der Waals surface area contributed by atoms with Crippen molar-refractivity contribution in [3.05, 3.63) is 0 Å². The van der Waals surface area contributed by atoms with Crippen LogP contribution in [0.3, 0.4) is 0 Å². The third-order valence-electron chi connectivity index (χ3n) is 3.43. The lowest BCUT2D eigenvalue weighted by Gasteiger charge is -2.30. The van der Waals surface area contributed by atoms with Crippen LogP contribution < -0.4 is 15.4 Å². The van der Waals surface area contributed by atoms with Crippen LogP contribution in [0.15, 0.2) is 0 Å². The SMILES string of the molecule is CCOc1nc(NC)nc(NC2CCCCC2SC)n1. The molecule has 1 heterocycles. The standard InChI is InChI=1S/C13H23N5OS/c1-4-19-13-17-11(14-2)16-12(18-13)15-9-7-5-6-8-10(9)20-3/h9-10H,4-8H2,1-3H3,(H2,14,15,16,17,18). The minimum Gasteiger partial charge on any atom is -0.464 e. The lowest BCUT2D eigenvalue weighted by atomic mass is 9.95. The minimum atomic E-state index is 0.367. The third-order valence-corrected chi connectivity index (χ3v) is 4.60. The van der Waals surface area contributed by atoms with E-state index in [1.54, 1.807) is 7.05 Å². The van der Waals surface area contributed by atoms with E-state index < -0.39 is 0 Å². The highest BCUT2D eigenvalue weighted by Crippen LogP contribution is 2.29. The van der Waals surface area contributed by atoms with Gasteiger partial charge in [-0.2, -0.15) is 26.7 Å². The van der Waals surface area contributed by atoms with E-state index >= 15 is 0 Å². The van der Waals surface area contributed by atoms with Gasteiger partial charge >= 0.3 is 6.01 Å². The summed E-state index contributed by atoms with van der Waals surface area (Å²) in [6, 6.07) is 0.784. The molecule has 0 aliphatic heterocycles. The Kier molecular flexibility index (Phi) is 5.70. The van der Waals surface area contributed by atoms with Crippen LogP contribution in [0, 0.1) is 0 Å². The summed E-state index contributed by atoms with van der Waals surface area (Å²) in [5.41, 5.74) is 0. The normalized spacial score (nSPS) is 22.4. The Morgan fingerprint density at radius 1 is 1.20 bits per heavy atom. The summed E-state index contributed by atoms with van der Waals surface area (Å²) in [6.07, 6.45) is 7.16. The monoisotopic (exact) mass is 297 g/mol. The molecule has 0 spiro atoms. The highest BCUT2D eigenvalue weighted by atomic mass is 32.2. The van der Waals surface area contributed by atoms with Crippen molar-refractivity contribution in [1.82, 2.24) is 15.0 Å².